The molecule has 0 bridgehead atoms. The Bertz CT molecular complexity index is 421. The Kier molecular flexibility index (Phi) is 3.09. The Hall–Kier alpha value is -1.84. The number of rotatable bonds is 2. The third kappa shape index (κ3) is 2.56. The van der Waals surface area contributed by atoms with Crippen molar-refractivity contribution in [2.45, 2.75) is 20.8 Å². The van der Waals surface area contributed by atoms with E-state index in [1.807, 2.05) is 0 Å². The summed E-state index contributed by atoms with van der Waals surface area (Å²) in [5, 5.41) is 9.57. The number of ether oxygens (including phenoxy) is 1. The van der Waals surface area contributed by atoms with Gasteiger partial charge in [-0.25, -0.2) is 0 Å². The standard InChI is InChI=1S/C11H12O4/c1-6-4-9(15-8(3)13)5-10(7(2)12)11(6)14/h4-5,14H,1-3H3. The van der Waals surface area contributed by atoms with E-state index in [0.717, 1.165) is 0 Å². The Balaban J connectivity index is 3.23. The SMILES string of the molecule is CC(=O)Oc1cc(C)c(O)c(C(C)=O)c1. The highest BCUT2D eigenvalue weighted by atomic mass is 16.5. The van der Waals surface area contributed by atoms with Crippen molar-refractivity contribution in [3.63, 3.8) is 0 Å². The number of phenols is 1. The Morgan fingerprint density at radius 1 is 1.27 bits per heavy atom. The van der Waals surface area contributed by atoms with Crippen molar-refractivity contribution < 1.29 is 19.4 Å². The summed E-state index contributed by atoms with van der Waals surface area (Å²) in [7, 11) is 0. The number of ketones is 1. The molecule has 0 fully saturated rings. The molecule has 15 heavy (non-hydrogen) atoms. The van der Waals surface area contributed by atoms with Crippen molar-refractivity contribution in [1.29, 1.82) is 0 Å². The Morgan fingerprint density at radius 2 is 1.87 bits per heavy atom. The van der Waals surface area contributed by atoms with E-state index in [9.17, 15) is 14.7 Å². The second kappa shape index (κ2) is 4.13. The molecule has 4 heteroatoms. The molecule has 0 aliphatic carbocycles. The van der Waals surface area contributed by atoms with Crippen LogP contribution in [0.25, 0.3) is 0 Å². The maximum Gasteiger partial charge on any atom is 0.308 e. The van der Waals surface area contributed by atoms with Gasteiger partial charge in [0.2, 0.25) is 0 Å². The molecule has 1 N–H and O–H groups in total. The van der Waals surface area contributed by atoms with Gasteiger partial charge in [-0.1, -0.05) is 0 Å². The monoisotopic (exact) mass is 208 g/mol. The topological polar surface area (TPSA) is 63.6 Å². The average molecular weight is 208 g/mol. The largest absolute Gasteiger partial charge is 0.507 e. The molecule has 0 aliphatic rings. The van der Waals surface area contributed by atoms with Gasteiger partial charge in [0.15, 0.2) is 5.78 Å². The zero-order valence-corrected chi connectivity index (χ0v) is 8.83. The normalized spacial score (nSPS) is 9.80. The zero-order chi connectivity index (χ0) is 11.6. The summed E-state index contributed by atoms with van der Waals surface area (Å²) in [6.07, 6.45) is 0. The number of hydrogen-bond acceptors (Lipinski definition) is 4. The quantitative estimate of drug-likeness (QED) is 0.457. The van der Waals surface area contributed by atoms with Crippen LogP contribution in [-0.2, 0) is 4.79 Å². The van der Waals surface area contributed by atoms with E-state index >= 15 is 0 Å². The molecule has 0 amide bonds. The maximum atomic E-state index is 11.2. The summed E-state index contributed by atoms with van der Waals surface area (Å²) in [4.78, 5) is 21.9. The molecular formula is C11H12O4. The van der Waals surface area contributed by atoms with Gasteiger partial charge in [-0.3, -0.25) is 9.59 Å². The molecule has 0 radical (unpaired) electrons. The fourth-order valence-corrected chi connectivity index (χ4v) is 1.24. The Labute approximate surface area is 87.5 Å². The minimum Gasteiger partial charge on any atom is -0.507 e. The first-order valence-corrected chi connectivity index (χ1v) is 4.44. The maximum absolute atomic E-state index is 11.2. The van der Waals surface area contributed by atoms with E-state index in [1.54, 1.807) is 6.92 Å². The van der Waals surface area contributed by atoms with Crippen LogP contribution in [0.4, 0.5) is 0 Å². The van der Waals surface area contributed by atoms with E-state index < -0.39 is 5.97 Å². The molecule has 0 aliphatic heterocycles. The van der Waals surface area contributed by atoms with Crippen LogP contribution in [0.15, 0.2) is 12.1 Å². The fraction of sp³-hybridized carbons (Fsp3) is 0.273. The lowest BCUT2D eigenvalue weighted by atomic mass is 10.1. The number of aromatic hydroxyl groups is 1. The summed E-state index contributed by atoms with van der Waals surface area (Å²) in [5.41, 5.74) is 0.658. The molecule has 0 aromatic heterocycles. The molecule has 0 atom stereocenters. The second-order valence-electron chi connectivity index (χ2n) is 3.29. The highest BCUT2D eigenvalue weighted by molar-refractivity contribution is 5.97. The molecular weight excluding hydrogens is 196 g/mol. The highest BCUT2D eigenvalue weighted by Crippen LogP contribution is 2.28. The predicted octanol–water partition coefficient (Wildman–Crippen LogP) is 1.83. The van der Waals surface area contributed by atoms with Gasteiger partial charge in [-0.15, -0.1) is 0 Å². The number of phenolic OH excluding ortho intramolecular Hbond substituents is 1. The van der Waals surface area contributed by atoms with Crippen LogP contribution < -0.4 is 4.74 Å². The van der Waals surface area contributed by atoms with Crippen molar-refractivity contribution >= 4 is 11.8 Å². The van der Waals surface area contributed by atoms with Crippen LogP contribution in [0.1, 0.15) is 29.8 Å². The zero-order valence-electron chi connectivity index (χ0n) is 8.83. The number of esters is 1. The predicted molar refractivity (Wildman–Crippen MR) is 54.2 cm³/mol. The van der Waals surface area contributed by atoms with E-state index in [2.05, 4.69) is 0 Å². The van der Waals surface area contributed by atoms with Crippen molar-refractivity contribution in [3.8, 4) is 11.5 Å². The molecule has 0 spiro atoms. The molecule has 0 saturated heterocycles. The number of benzene rings is 1. The lowest BCUT2D eigenvalue weighted by molar-refractivity contribution is -0.131. The number of Topliss-reactive ketones (excluding diaryl/α,β-unsaturated/α-hetero) is 1. The smallest absolute Gasteiger partial charge is 0.308 e. The number of carbonyl (C=O) groups excluding carboxylic acids is 2. The highest BCUT2D eigenvalue weighted by Gasteiger charge is 2.12. The molecule has 80 valence electrons. The molecule has 1 aromatic rings. The van der Waals surface area contributed by atoms with Gasteiger partial charge in [-0.2, -0.15) is 0 Å². The molecule has 0 saturated carbocycles. The summed E-state index contributed by atoms with van der Waals surface area (Å²) in [6.45, 7) is 4.25. The van der Waals surface area contributed by atoms with Gasteiger partial charge in [0, 0.05) is 6.92 Å². The summed E-state index contributed by atoms with van der Waals surface area (Å²) >= 11 is 0. The number of carbonyl (C=O) groups is 2. The minimum atomic E-state index is -0.463. The van der Waals surface area contributed by atoms with Crippen LogP contribution >= 0.6 is 0 Å². The molecule has 0 heterocycles. The molecule has 1 aromatic carbocycles. The fourth-order valence-electron chi connectivity index (χ4n) is 1.24. The summed E-state index contributed by atoms with van der Waals surface area (Å²) in [5.74, 6) is -0.541. The first kappa shape index (κ1) is 11.2. The number of aryl methyl sites for hydroxylation is 1. The third-order valence-corrected chi connectivity index (χ3v) is 1.91. The van der Waals surface area contributed by atoms with Crippen molar-refractivity contribution in [1.82, 2.24) is 0 Å². The first-order valence-electron chi connectivity index (χ1n) is 4.44. The van der Waals surface area contributed by atoms with E-state index in [-0.39, 0.29) is 22.8 Å². The number of hydrogen-bond donors (Lipinski definition) is 1. The van der Waals surface area contributed by atoms with Gasteiger partial charge in [-0.05, 0) is 31.5 Å². The first-order chi connectivity index (χ1) is 6.91. The summed E-state index contributed by atoms with van der Waals surface area (Å²) < 4.78 is 4.84. The van der Waals surface area contributed by atoms with Crippen molar-refractivity contribution in [2.24, 2.45) is 0 Å². The molecule has 0 unspecified atom stereocenters. The van der Waals surface area contributed by atoms with Gasteiger partial charge in [0.1, 0.15) is 11.5 Å². The molecule has 1 rings (SSSR count). The van der Waals surface area contributed by atoms with Crippen molar-refractivity contribution in [3.05, 3.63) is 23.3 Å². The lowest BCUT2D eigenvalue weighted by Gasteiger charge is -2.08. The Morgan fingerprint density at radius 3 is 2.33 bits per heavy atom. The van der Waals surface area contributed by atoms with E-state index in [4.69, 9.17) is 4.74 Å². The van der Waals surface area contributed by atoms with Crippen LogP contribution in [-0.4, -0.2) is 16.9 Å². The van der Waals surface area contributed by atoms with Crippen molar-refractivity contribution in [2.75, 3.05) is 0 Å². The van der Waals surface area contributed by atoms with Gasteiger partial charge in [0.25, 0.3) is 0 Å². The second-order valence-corrected chi connectivity index (χ2v) is 3.29. The minimum absolute atomic E-state index is 0.0709. The van der Waals surface area contributed by atoms with Gasteiger partial charge >= 0.3 is 5.97 Å². The van der Waals surface area contributed by atoms with Crippen LogP contribution in [0.5, 0.6) is 11.5 Å². The van der Waals surface area contributed by atoms with E-state index in [1.165, 1.54) is 26.0 Å². The third-order valence-electron chi connectivity index (χ3n) is 1.91. The van der Waals surface area contributed by atoms with E-state index in [0.29, 0.717) is 5.56 Å². The summed E-state index contributed by atoms with van der Waals surface area (Å²) in [6, 6.07) is 2.86. The average Bonchev–Trinajstić information content (AvgIpc) is 2.09. The van der Waals surface area contributed by atoms with Crippen LogP contribution in [0.2, 0.25) is 0 Å². The van der Waals surface area contributed by atoms with Gasteiger partial charge < -0.3 is 9.84 Å². The van der Waals surface area contributed by atoms with Gasteiger partial charge in [0.05, 0.1) is 5.56 Å². The molecule has 4 nitrogen and oxygen atoms in total. The van der Waals surface area contributed by atoms with Crippen LogP contribution in [0, 0.1) is 6.92 Å². The van der Waals surface area contributed by atoms with Crippen LogP contribution in [0.3, 0.4) is 0 Å². The lowest BCUT2D eigenvalue weighted by Crippen LogP contribution is -2.03.